The third-order valence-electron chi connectivity index (χ3n) is 5.35. The van der Waals surface area contributed by atoms with E-state index >= 15 is 0 Å². The van der Waals surface area contributed by atoms with Gasteiger partial charge in [0.15, 0.2) is 0 Å². The second kappa shape index (κ2) is 7.04. The van der Waals surface area contributed by atoms with Crippen LogP contribution in [0, 0.1) is 18.3 Å². The Morgan fingerprint density at radius 2 is 2.04 bits per heavy atom. The van der Waals surface area contributed by atoms with E-state index in [0.717, 1.165) is 18.5 Å². The highest BCUT2D eigenvalue weighted by Gasteiger charge is 2.47. The van der Waals surface area contributed by atoms with Crippen molar-refractivity contribution in [2.24, 2.45) is 5.92 Å². The summed E-state index contributed by atoms with van der Waals surface area (Å²) in [7, 11) is 1.92. The molecule has 6 nitrogen and oxygen atoms in total. The first-order chi connectivity index (χ1) is 13.5. The van der Waals surface area contributed by atoms with Gasteiger partial charge in [-0.15, -0.1) is 0 Å². The summed E-state index contributed by atoms with van der Waals surface area (Å²) in [5.74, 6) is 0.877. The number of halogens is 1. The van der Waals surface area contributed by atoms with Crippen molar-refractivity contribution in [3.8, 4) is 5.69 Å². The Hall–Kier alpha value is -3.27. The summed E-state index contributed by atoms with van der Waals surface area (Å²) < 4.78 is 16.2. The molecule has 1 saturated carbocycles. The van der Waals surface area contributed by atoms with Crippen molar-refractivity contribution >= 4 is 11.6 Å². The molecule has 7 heteroatoms. The van der Waals surface area contributed by atoms with Gasteiger partial charge in [-0.3, -0.25) is 4.98 Å². The van der Waals surface area contributed by atoms with Crippen LogP contribution in [0.25, 0.3) is 10.5 Å². The minimum atomic E-state index is -0.313. The van der Waals surface area contributed by atoms with Gasteiger partial charge in [0, 0.05) is 31.4 Å². The number of hydrogen-bond acceptors (Lipinski definition) is 4. The Kier molecular flexibility index (Phi) is 4.55. The van der Waals surface area contributed by atoms with E-state index in [-0.39, 0.29) is 11.2 Å². The zero-order valence-electron chi connectivity index (χ0n) is 15.9. The average molecular weight is 376 g/mol. The topological polar surface area (TPSA) is 51.2 Å². The molecule has 3 aromatic rings. The number of hydrogen-bond donors (Lipinski definition) is 0. The van der Waals surface area contributed by atoms with Crippen LogP contribution in [-0.2, 0) is 5.41 Å². The zero-order valence-corrected chi connectivity index (χ0v) is 15.9. The normalized spacial score (nSPS) is 21.0. The second-order valence-electron chi connectivity index (χ2n) is 7.61. The summed E-state index contributed by atoms with van der Waals surface area (Å²) in [6.45, 7) is 9.85. The van der Waals surface area contributed by atoms with E-state index in [1.807, 2.05) is 22.7 Å². The maximum absolute atomic E-state index is 14.4. The number of aromatic nitrogens is 4. The minimum absolute atomic E-state index is 0.248. The molecule has 0 radical (unpaired) electrons. The Morgan fingerprint density at radius 1 is 1.29 bits per heavy atom. The molecule has 1 aliphatic rings. The first-order valence-corrected chi connectivity index (χ1v) is 9.21. The predicted octanol–water partition coefficient (Wildman–Crippen LogP) is 4.16. The van der Waals surface area contributed by atoms with Crippen molar-refractivity contribution in [1.82, 2.24) is 19.5 Å². The number of anilines is 1. The minimum Gasteiger partial charge on any atom is -0.343 e. The highest BCUT2D eigenvalue weighted by Crippen LogP contribution is 2.48. The van der Waals surface area contributed by atoms with E-state index in [1.165, 1.54) is 6.07 Å². The van der Waals surface area contributed by atoms with E-state index in [0.29, 0.717) is 29.8 Å². The first kappa shape index (κ1) is 18.1. The molecule has 0 amide bonds. The zero-order chi connectivity index (χ0) is 19.7. The van der Waals surface area contributed by atoms with Crippen molar-refractivity contribution in [1.29, 1.82) is 0 Å². The molecule has 0 aromatic carbocycles. The molecule has 3 heterocycles. The molecule has 0 unspecified atom stereocenters. The van der Waals surface area contributed by atoms with Gasteiger partial charge in [0.1, 0.15) is 5.82 Å². The molecular weight excluding hydrogens is 355 g/mol. The van der Waals surface area contributed by atoms with E-state index in [2.05, 4.69) is 26.7 Å². The standard InChI is InChI=1S/C21H21FN6/c1-15-9-21(10-15,19-18(22)5-4-7-24-19)14-27(3)20-25-11-17(12-26-20)28-8-6-16(13-28)23-2/h4-8,11-13,15H,9-10,14H2,1,3H3. The SMILES string of the molecule is [C-]#[N+]c1ccn(-c2cnc(N(C)CC3(c4ncccc4F)CC(C)C3)nc2)c1. The van der Waals surface area contributed by atoms with Gasteiger partial charge in [0.25, 0.3) is 0 Å². The molecular formula is C21H21FN6. The third kappa shape index (κ3) is 3.22. The average Bonchev–Trinajstić information content (AvgIpc) is 3.16. The Labute approximate surface area is 163 Å². The molecule has 28 heavy (non-hydrogen) atoms. The summed E-state index contributed by atoms with van der Waals surface area (Å²) in [5, 5.41) is 0. The monoisotopic (exact) mass is 376 g/mol. The van der Waals surface area contributed by atoms with Crippen LogP contribution in [0.3, 0.4) is 0 Å². The fourth-order valence-corrected chi connectivity index (χ4v) is 4.23. The van der Waals surface area contributed by atoms with Crippen molar-refractivity contribution in [2.45, 2.75) is 25.2 Å². The van der Waals surface area contributed by atoms with E-state index < -0.39 is 0 Å². The number of nitrogens with zero attached hydrogens (tertiary/aromatic N) is 6. The van der Waals surface area contributed by atoms with Crippen LogP contribution in [0.2, 0.25) is 0 Å². The lowest BCUT2D eigenvalue weighted by Crippen LogP contribution is -2.49. The van der Waals surface area contributed by atoms with Crippen molar-refractivity contribution in [3.05, 3.63) is 72.1 Å². The molecule has 4 rings (SSSR count). The lowest BCUT2D eigenvalue weighted by molar-refractivity contribution is 0.152. The summed E-state index contributed by atoms with van der Waals surface area (Å²) in [6.07, 6.45) is 10.4. The van der Waals surface area contributed by atoms with Gasteiger partial charge in [-0.2, -0.15) is 0 Å². The smallest absolute Gasteiger partial charge is 0.225 e. The lowest BCUT2D eigenvalue weighted by atomic mass is 9.60. The largest absolute Gasteiger partial charge is 0.343 e. The Bertz CT molecular complexity index is 1010. The summed E-state index contributed by atoms with van der Waals surface area (Å²) >= 11 is 0. The predicted molar refractivity (Wildman–Crippen MR) is 105 cm³/mol. The molecule has 0 atom stereocenters. The van der Waals surface area contributed by atoms with Crippen LogP contribution in [-0.4, -0.2) is 33.1 Å². The van der Waals surface area contributed by atoms with Gasteiger partial charge < -0.3 is 9.47 Å². The molecule has 142 valence electrons. The Balaban J connectivity index is 1.55. The molecule has 0 saturated heterocycles. The highest BCUT2D eigenvalue weighted by molar-refractivity contribution is 5.46. The Morgan fingerprint density at radius 3 is 2.64 bits per heavy atom. The molecule has 0 bridgehead atoms. The third-order valence-corrected chi connectivity index (χ3v) is 5.35. The van der Waals surface area contributed by atoms with Gasteiger partial charge in [-0.05, 0) is 43.2 Å². The van der Waals surface area contributed by atoms with Crippen LogP contribution in [0.15, 0.2) is 49.2 Å². The number of rotatable bonds is 5. The van der Waals surface area contributed by atoms with Crippen LogP contribution in [0.4, 0.5) is 16.0 Å². The number of likely N-dealkylation sites (N-methyl/N-ethyl adjacent to an activating group) is 1. The first-order valence-electron chi connectivity index (χ1n) is 9.21. The van der Waals surface area contributed by atoms with Crippen LogP contribution in [0.5, 0.6) is 0 Å². The van der Waals surface area contributed by atoms with Gasteiger partial charge >= 0.3 is 0 Å². The molecule has 0 spiro atoms. The van der Waals surface area contributed by atoms with Crippen LogP contribution < -0.4 is 4.90 Å². The van der Waals surface area contributed by atoms with Crippen LogP contribution >= 0.6 is 0 Å². The highest BCUT2D eigenvalue weighted by atomic mass is 19.1. The molecule has 1 fully saturated rings. The van der Waals surface area contributed by atoms with E-state index in [9.17, 15) is 4.39 Å². The summed E-state index contributed by atoms with van der Waals surface area (Å²) in [5.41, 5.74) is 1.58. The molecule has 0 N–H and O–H groups in total. The fourth-order valence-electron chi connectivity index (χ4n) is 4.23. The second-order valence-corrected chi connectivity index (χ2v) is 7.61. The van der Waals surface area contributed by atoms with Gasteiger partial charge in [0.2, 0.25) is 11.6 Å². The van der Waals surface area contributed by atoms with Gasteiger partial charge in [-0.25, -0.2) is 19.2 Å². The summed E-state index contributed by atoms with van der Waals surface area (Å²) in [4.78, 5) is 18.7. The quantitative estimate of drug-likeness (QED) is 0.628. The van der Waals surface area contributed by atoms with Gasteiger partial charge in [-0.1, -0.05) is 6.92 Å². The van der Waals surface area contributed by atoms with E-state index in [4.69, 9.17) is 6.57 Å². The maximum Gasteiger partial charge on any atom is 0.225 e. The van der Waals surface area contributed by atoms with Crippen molar-refractivity contribution in [2.75, 3.05) is 18.5 Å². The molecule has 1 aliphatic carbocycles. The fraction of sp³-hybridized carbons (Fsp3) is 0.333. The molecule has 0 aliphatic heterocycles. The summed E-state index contributed by atoms with van der Waals surface area (Å²) in [6, 6.07) is 4.85. The van der Waals surface area contributed by atoms with E-state index in [1.54, 1.807) is 36.9 Å². The lowest BCUT2D eigenvalue weighted by Gasteiger charge is -2.48. The van der Waals surface area contributed by atoms with Gasteiger partial charge in [0.05, 0.1) is 30.3 Å². The van der Waals surface area contributed by atoms with Crippen molar-refractivity contribution in [3.63, 3.8) is 0 Å². The maximum atomic E-state index is 14.4. The number of pyridine rings is 1. The van der Waals surface area contributed by atoms with Crippen molar-refractivity contribution < 1.29 is 4.39 Å². The molecule has 3 aromatic heterocycles. The van der Waals surface area contributed by atoms with Crippen LogP contribution in [0.1, 0.15) is 25.5 Å².